The fourth-order valence-electron chi connectivity index (χ4n) is 4.72. The van der Waals surface area contributed by atoms with E-state index in [0.29, 0.717) is 34.4 Å². The summed E-state index contributed by atoms with van der Waals surface area (Å²) < 4.78 is 0. The molecule has 5 N–H and O–H groups in total. The number of nitrogen functional groups attached to an aromatic ring is 1. The highest BCUT2D eigenvalue weighted by Crippen LogP contribution is 2.26. The molecule has 4 aromatic carbocycles. The van der Waals surface area contributed by atoms with E-state index in [0.717, 1.165) is 24.6 Å². The minimum Gasteiger partial charge on any atom is -0.481 e. The molecule has 0 spiro atoms. The monoisotopic (exact) mass is 808 g/mol. The molecule has 0 bridgehead atoms. The third kappa shape index (κ3) is 23.1. The van der Waals surface area contributed by atoms with Crippen LogP contribution in [0, 0.1) is 18.3 Å². The lowest BCUT2D eigenvalue weighted by Crippen LogP contribution is -2.28. The molecular weight excluding hydrogens is 745 g/mol. The number of carboxylic acids is 1. The first-order chi connectivity index (χ1) is 28.0. The molecule has 0 saturated heterocycles. The number of unbranched alkanes of at least 4 members (excludes halogenated alkanes) is 1. The van der Waals surface area contributed by atoms with E-state index in [9.17, 15) is 14.9 Å². The van der Waals surface area contributed by atoms with Crippen LogP contribution < -0.4 is 16.4 Å². The van der Waals surface area contributed by atoms with Crippen LogP contribution >= 0.6 is 11.3 Å². The average molecular weight is 809 g/mol. The standard InChI is InChI=1S/C26H25N3O2.C10H15N.C5H6S.C2H4O2.2C2H6.CH2O/c1-3-13-28-25(30)22-14-21(24-12-8-7-11-20(24)17-27)15-23(16-22)26(31)29-18(2)19-9-5-4-6-10-19;1-2-3-4-9-5-7-10(11)8-6-9;1-5-2-3-6-4-5;1-2(3)4;3*1-2/h4-12,14-16,18H,3,13H2,1-2H3,(H,28,30)(H,29,31);5-8H,2-4,11H2,1H3;2-4H,1H3;1H3,(H,3,4);2*1-2H3;1H2/t18-;;;;;;/m1....../s1. The van der Waals surface area contributed by atoms with Gasteiger partial charge in [-0.25, -0.2) is 0 Å². The Morgan fingerprint density at radius 3 is 1.86 bits per heavy atom. The first-order valence-corrected chi connectivity index (χ1v) is 20.5. The van der Waals surface area contributed by atoms with Gasteiger partial charge in [0.15, 0.2) is 0 Å². The second kappa shape index (κ2) is 34.2. The van der Waals surface area contributed by atoms with Gasteiger partial charge in [0.25, 0.3) is 17.8 Å². The largest absolute Gasteiger partial charge is 0.481 e. The van der Waals surface area contributed by atoms with Gasteiger partial charge in [0, 0.05) is 30.3 Å². The van der Waals surface area contributed by atoms with E-state index in [-0.39, 0.29) is 17.9 Å². The molecule has 2 amide bonds. The van der Waals surface area contributed by atoms with Gasteiger partial charge in [-0.15, -0.1) is 0 Å². The molecule has 58 heavy (non-hydrogen) atoms. The summed E-state index contributed by atoms with van der Waals surface area (Å²) in [4.78, 5) is 42.7. The zero-order valence-corrected chi connectivity index (χ0v) is 36.6. The molecule has 0 unspecified atom stereocenters. The number of carboxylic acid groups (broad SMARTS) is 1. The van der Waals surface area contributed by atoms with Crippen molar-refractivity contribution in [3.05, 3.63) is 147 Å². The van der Waals surface area contributed by atoms with Crippen molar-refractivity contribution in [3.8, 4) is 17.2 Å². The SMILES string of the molecule is C=O.CC.CC.CC(=O)O.CCCCc1ccc(N)cc1.CCCNC(=O)c1cc(C(=O)N[C@H](C)c2ccccc2)cc(-c2ccccc2C#N)c1.Cc1ccsc1. The molecule has 0 saturated carbocycles. The van der Waals surface area contributed by atoms with Crippen LogP contribution in [0.4, 0.5) is 5.69 Å². The van der Waals surface area contributed by atoms with Crippen molar-refractivity contribution in [1.82, 2.24) is 10.6 Å². The fourth-order valence-corrected chi connectivity index (χ4v) is 5.39. The Kier molecular flexibility index (Phi) is 31.9. The zero-order chi connectivity index (χ0) is 44.3. The maximum absolute atomic E-state index is 13.0. The minimum absolute atomic E-state index is 0.193. The second-order valence-electron chi connectivity index (χ2n) is 12.0. The molecule has 1 heterocycles. The molecule has 0 aliphatic rings. The number of nitrogens with two attached hydrogens (primary N) is 1. The number of anilines is 1. The van der Waals surface area contributed by atoms with Crippen molar-refractivity contribution in [2.45, 2.75) is 94.0 Å². The molecule has 5 aromatic rings. The predicted molar refractivity (Wildman–Crippen MR) is 243 cm³/mol. The quantitative estimate of drug-likeness (QED) is 0.102. The normalized spacial score (nSPS) is 9.52. The number of nitrogens with zero attached hydrogens (tertiary/aromatic N) is 1. The number of thiophene rings is 1. The van der Waals surface area contributed by atoms with E-state index in [2.05, 4.69) is 59.5 Å². The molecule has 0 aliphatic carbocycles. The second-order valence-corrected chi connectivity index (χ2v) is 12.8. The Labute approximate surface area is 351 Å². The van der Waals surface area contributed by atoms with Crippen molar-refractivity contribution >= 4 is 41.6 Å². The summed E-state index contributed by atoms with van der Waals surface area (Å²) >= 11 is 1.74. The first kappa shape index (κ1) is 54.1. The van der Waals surface area contributed by atoms with Gasteiger partial charge < -0.3 is 26.3 Å². The summed E-state index contributed by atoms with van der Waals surface area (Å²) in [6.45, 7) is 19.8. The van der Waals surface area contributed by atoms with Crippen molar-refractivity contribution in [1.29, 1.82) is 5.26 Å². The molecule has 5 rings (SSSR count). The predicted octanol–water partition coefficient (Wildman–Crippen LogP) is 11.5. The highest BCUT2D eigenvalue weighted by atomic mass is 32.1. The summed E-state index contributed by atoms with van der Waals surface area (Å²) in [5, 5.41) is 27.0. The lowest BCUT2D eigenvalue weighted by molar-refractivity contribution is -0.134. The lowest BCUT2D eigenvalue weighted by Gasteiger charge is -2.16. The molecular formula is C48H64N4O5S. The number of rotatable bonds is 10. The highest BCUT2D eigenvalue weighted by Gasteiger charge is 2.17. The van der Waals surface area contributed by atoms with Crippen molar-refractivity contribution in [2.24, 2.45) is 0 Å². The van der Waals surface area contributed by atoms with Gasteiger partial charge in [-0.3, -0.25) is 14.4 Å². The van der Waals surface area contributed by atoms with E-state index in [1.54, 1.807) is 41.7 Å². The number of hydrogen-bond donors (Lipinski definition) is 4. The number of hydrogen-bond acceptors (Lipinski definition) is 7. The number of aliphatic carboxylic acids is 1. The number of benzene rings is 4. The third-order valence-electron chi connectivity index (χ3n) is 7.46. The number of amides is 2. The molecule has 9 nitrogen and oxygen atoms in total. The van der Waals surface area contributed by atoms with Gasteiger partial charge in [-0.2, -0.15) is 16.6 Å². The minimum atomic E-state index is -0.833. The molecule has 312 valence electrons. The van der Waals surface area contributed by atoms with Gasteiger partial charge in [0.05, 0.1) is 17.7 Å². The van der Waals surface area contributed by atoms with E-state index >= 15 is 0 Å². The van der Waals surface area contributed by atoms with Gasteiger partial charge in [-0.05, 0) is 114 Å². The zero-order valence-electron chi connectivity index (χ0n) is 35.8. The van der Waals surface area contributed by atoms with Crippen LogP contribution in [0.1, 0.15) is 124 Å². The summed E-state index contributed by atoms with van der Waals surface area (Å²) in [6.07, 6.45) is 4.51. The van der Waals surface area contributed by atoms with Gasteiger partial charge in [-0.1, -0.05) is 109 Å². The smallest absolute Gasteiger partial charge is 0.300 e. The summed E-state index contributed by atoms with van der Waals surface area (Å²) in [7, 11) is 0. The molecule has 1 atom stereocenters. The van der Waals surface area contributed by atoms with Crippen LogP contribution in [0.25, 0.3) is 11.1 Å². The van der Waals surface area contributed by atoms with E-state index in [4.69, 9.17) is 20.4 Å². The number of nitriles is 1. The maximum atomic E-state index is 13.0. The van der Waals surface area contributed by atoms with E-state index < -0.39 is 5.97 Å². The lowest BCUT2D eigenvalue weighted by atomic mass is 9.95. The molecule has 1 aromatic heterocycles. The van der Waals surface area contributed by atoms with E-state index in [1.165, 1.54) is 30.4 Å². The van der Waals surface area contributed by atoms with Crippen LogP contribution in [-0.2, 0) is 16.0 Å². The van der Waals surface area contributed by atoms with Crippen molar-refractivity contribution < 1.29 is 24.3 Å². The Morgan fingerprint density at radius 1 is 0.828 bits per heavy atom. The maximum Gasteiger partial charge on any atom is 0.300 e. The number of carbonyl (C=O) groups is 4. The van der Waals surface area contributed by atoms with Crippen LogP contribution in [0.2, 0.25) is 0 Å². The van der Waals surface area contributed by atoms with Gasteiger partial charge in [0.2, 0.25) is 0 Å². The number of carbonyl (C=O) groups excluding carboxylic acids is 3. The summed E-state index contributed by atoms with van der Waals surface area (Å²) in [6, 6.07) is 34.1. The Balaban J connectivity index is 0. The highest BCUT2D eigenvalue weighted by molar-refractivity contribution is 7.07. The summed E-state index contributed by atoms with van der Waals surface area (Å²) in [5.74, 6) is -1.36. The van der Waals surface area contributed by atoms with Crippen LogP contribution in [-0.4, -0.2) is 36.2 Å². The Hall–Kier alpha value is -6.05. The third-order valence-corrected chi connectivity index (χ3v) is 8.26. The molecule has 10 heteroatoms. The van der Waals surface area contributed by atoms with Crippen LogP contribution in [0.3, 0.4) is 0 Å². The molecule has 0 radical (unpaired) electrons. The van der Waals surface area contributed by atoms with Gasteiger partial charge >= 0.3 is 0 Å². The number of nitrogens with one attached hydrogen (secondary N) is 2. The molecule has 0 fully saturated rings. The van der Waals surface area contributed by atoms with E-state index in [1.807, 2.05) is 103 Å². The first-order valence-electron chi connectivity index (χ1n) is 19.6. The van der Waals surface area contributed by atoms with Gasteiger partial charge in [0.1, 0.15) is 6.79 Å². The Morgan fingerprint density at radius 2 is 1.38 bits per heavy atom. The average Bonchev–Trinajstić information content (AvgIpc) is 3.75. The topological polar surface area (TPSA) is 162 Å². The fraction of sp³-hybridized carbons (Fsp3) is 0.312. The Bertz CT molecular complexity index is 1870. The molecule has 0 aliphatic heterocycles. The number of aryl methyl sites for hydroxylation is 2. The van der Waals surface area contributed by atoms with Crippen molar-refractivity contribution in [3.63, 3.8) is 0 Å². The van der Waals surface area contributed by atoms with Crippen LogP contribution in [0.15, 0.2) is 114 Å². The summed E-state index contributed by atoms with van der Waals surface area (Å²) in [5.41, 5.74) is 12.7. The van der Waals surface area contributed by atoms with Crippen LogP contribution in [0.5, 0.6) is 0 Å². The van der Waals surface area contributed by atoms with Crippen molar-refractivity contribution in [2.75, 3.05) is 12.3 Å².